The minimum Gasteiger partial charge on any atom is -0.453 e. The highest BCUT2D eigenvalue weighted by Gasteiger charge is 2.24. The van der Waals surface area contributed by atoms with E-state index < -0.39 is 12.1 Å². The molecular weight excluding hydrogens is 520 g/mol. The number of hydrogen-bond acceptors (Lipinski definition) is 6. The number of halogens is 1. The second-order valence-electron chi connectivity index (χ2n) is 9.12. The topological polar surface area (TPSA) is 151 Å². The molecule has 2 atom stereocenters. The van der Waals surface area contributed by atoms with Crippen molar-refractivity contribution < 1.29 is 19.1 Å². The minimum absolute atomic E-state index is 0.0108. The van der Waals surface area contributed by atoms with Crippen molar-refractivity contribution in [1.82, 2.24) is 15.3 Å². The normalized spacial score (nSPS) is 15.0. The van der Waals surface area contributed by atoms with Crippen LogP contribution in [0, 0.1) is 0 Å². The Morgan fingerprint density at radius 3 is 2.82 bits per heavy atom. The molecule has 3 amide bonds. The molecule has 204 valence electrons. The van der Waals surface area contributed by atoms with Crippen LogP contribution in [0.1, 0.15) is 65.6 Å². The van der Waals surface area contributed by atoms with Crippen LogP contribution in [0.5, 0.6) is 0 Å². The van der Waals surface area contributed by atoms with Gasteiger partial charge in [-0.25, -0.2) is 9.78 Å². The highest BCUT2D eigenvalue weighted by atomic mass is 35.5. The van der Waals surface area contributed by atoms with Gasteiger partial charge in [-0.2, -0.15) is 0 Å². The van der Waals surface area contributed by atoms with E-state index in [9.17, 15) is 14.4 Å². The van der Waals surface area contributed by atoms with Gasteiger partial charge in [0.2, 0.25) is 6.41 Å². The number of anilines is 2. The van der Waals surface area contributed by atoms with Gasteiger partial charge < -0.3 is 26.1 Å². The molecule has 6 N–H and O–H groups in total. The maximum Gasteiger partial charge on any atom is 0.411 e. The summed E-state index contributed by atoms with van der Waals surface area (Å²) in [7, 11) is 1.25. The van der Waals surface area contributed by atoms with Gasteiger partial charge >= 0.3 is 6.09 Å². The molecule has 0 saturated carbocycles. The minimum atomic E-state index is -0.648. The Labute approximate surface area is 231 Å². The number of methoxy groups -OCH3 is 1. The first kappa shape index (κ1) is 27.9. The quantitative estimate of drug-likeness (QED) is 0.172. The van der Waals surface area contributed by atoms with E-state index in [-0.39, 0.29) is 17.1 Å². The number of nitrogens with one attached hydrogen (secondary N) is 4. The number of benzene rings is 2. The van der Waals surface area contributed by atoms with Gasteiger partial charge in [-0.15, -0.1) is 0 Å². The molecule has 1 heterocycles. The van der Waals surface area contributed by atoms with Crippen molar-refractivity contribution in [1.29, 1.82) is 0 Å². The van der Waals surface area contributed by atoms with Crippen molar-refractivity contribution in [2.24, 2.45) is 5.73 Å². The molecule has 0 saturated heterocycles. The summed E-state index contributed by atoms with van der Waals surface area (Å²) in [6.07, 6.45) is 6.93. The number of amides is 3. The summed E-state index contributed by atoms with van der Waals surface area (Å²) in [4.78, 5) is 43.9. The number of nitrogens with zero attached hydrogens (tertiary/aromatic N) is 1. The van der Waals surface area contributed by atoms with Gasteiger partial charge in [0.05, 0.1) is 18.8 Å². The fraction of sp³-hybridized carbons (Fsp3) is 0.286. The number of aromatic amines is 1. The molecule has 10 nitrogen and oxygen atoms in total. The molecule has 0 radical (unpaired) electrons. The summed E-state index contributed by atoms with van der Waals surface area (Å²) >= 11 is 6.57. The van der Waals surface area contributed by atoms with Gasteiger partial charge in [0.15, 0.2) is 0 Å². The molecule has 0 fully saturated rings. The van der Waals surface area contributed by atoms with E-state index in [4.69, 9.17) is 22.3 Å². The van der Waals surface area contributed by atoms with Crippen LogP contribution < -0.4 is 21.7 Å². The van der Waals surface area contributed by atoms with Crippen LogP contribution in [0.25, 0.3) is 11.3 Å². The molecule has 0 bridgehead atoms. The lowest BCUT2D eigenvalue weighted by Crippen LogP contribution is -2.29. The third-order valence-electron chi connectivity index (χ3n) is 6.54. The fourth-order valence-electron chi connectivity index (χ4n) is 4.56. The summed E-state index contributed by atoms with van der Waals surface area (Å²) in [6, 6.07) is 10.0. The van der Waals surface area contributed by atoms with Crippen LogP contribution in [-0.4, -0.2) is 35.5 Å². The standard InChI is InChI=1S/C28H31ClN6O4/c1-3-4-5-6-22(33-27(37)17-7-10-19-16(13-17)8-12-21(19)30)26-34-24(25(29)35-26)20-11-9-18(32-28(38)39-2)14-23(20)31-15-36/h4-5,7,9-11,13-15,21-22H,3,6,8,12,30H2,1-2H3,(H,31,36)(H,32,38)(H,33,37)(H,34,35)/b5-4+/t21-,22+/m1/s1. The predicted molar refractivity (Wildman–Crippen MR) is 151 cm³/mol. The number of carbonyl (C=O) groups excluding carboxylic acids is 3. The molecule has 1 aromatic heterocycles. The molecule has 0 aliphatic heterocycles. The number of hydrogen-bond donors (Lipinski definition) is 5. The number of ether oxygens (including phenoxy) is 1. The molecular formula is C28H31ClN6O4. The molecule has 39 heavy (non-hydrogen) atoms. The molecule has 2 aromatic carbocycles. The average molecular weight is 551 g/mol. The van der Waals surface area contributed by atoms with Crippen LogP contribution in [0.15, 0.2) is 48.6 Å². The SMILES string of the molecule is CC/C=C/C[C@H](NC(=O)c1ccc2c(c1)CC[C@H]2N)c1nc(-c2ccc(NC(=O)OC)cc2NC=O)c(Cl)[nH]1. The van der Waals surface area contributed by atoms with Gasteiger partial charge in [-0.05, 0) is 67.1 Å². The number of rotatable bonds is 10. The van der Waals surface area contributed by atoms with E-state index in [1.807, 2.05) is 31.2 Å². The average Bonchev–Trinajstić information content (AvgIpc) is 3.50. The largest absolute Gasteiger partial charge is 0.453 e. The van der Waals surface area contributed by atoms with E-state index in [1.54, 1.807) is 24.3 Å². The summed E-state index contributed by atoms with van der Waals surface area (Å²) in [5.74, 6) is 0.227. The van der Waals surface area contributed by atoms with Crippen molar-refractivity contribution in [3.05, 3.63) is 76.2 Å². The summed E-state index contributed by atoms with van der Waals surface area (Å²) in [5.41, 5.74) is 10.6. The summed E-state index contributed by atoms with van der Waals surface area (Å²) in [5, 5.41) is 8.47. The summed E-state index contributed by atoms with van der Waals surface area (Å²) in [6.45, 7) is 2.03. The van der Waals surface area contributed by atoms with Crippen molar-refractivity contribution in [2.75, 3.05) is 17.7 Å². The van der Waals surface area contributed by atoms with E-state index in [0.29, 0.717) is 46.9 Å². The Balaban J connectivity index is 1.63. The first-order chi connectivity index (χ1) is 18.8. The van der Waals surface area contributed by atoms with Crippen LogP contribution in [0.2, 0.25) is 5.15 Å². The van der Waals surface area contributed by atoms with Gasteiger partial charge in [0.1, 0.15) is 16.7 Å². The molecule has 0 spiro atoms. The molecule has 1 aliphatic rings. The smallest absolute Gasteiger partial charge is 0.411 e. The zero-order valence-electron chi connectivity index (χ0n) is 21.7. The number of nitrogens with two attached hydrogens (primary N) is 1. The monoisotopic (exact) mass is 550 g/mol. The zero-order chi connectivity index (χ0) is 27.9. The molecule has 3 aromatic rings. The number of fused-ring (bicyclic) bond motifs is 1. The van der Waals surface area contributed by atoms with E-state index >= 15 is 0 Å². The Hall–Kier alpha value is -4.15. The predicted octanol–water partition coefficient (Wildman–Crippen LogP) is 5.25. The Kier molecular flexibility index (Phi) is 9.00. The number of aromatic nitrogens is 2. The second kappa shape index (κ2) is 12.6. The van der Waals surface area contributed by atoms with Gasteiger partial charge in [0, 0.05) is 22.9 Å². The Morgan fingerprint density at radius 1 is 1.26 bits per heavy atom. The van der Waals surface area contributed by atoms with Gasteiger partial charge in [-0.1, -0.05) is 36.7 Å². The lowest BCUT2D eigenvalue weighted by atomic mass is 10.0. The van der Waals surface area contributed by atoms with Crippen LogP contribution >= 0.6 is 11.6 Å². The molecule has 1 aliphatic carbocycles. The van der Waals surface area contributed by atoms with Gasteiger partial charge in [0.25, 0.3) is 5.91 Å². The third-order valence-corrected chi connectivity index (χ3v) is 6.81. The number of imidazole rings is 1. The van der Waals surface area contributed by atoms with Crippen molar-refractivity contribution in [3.8, 4) is 11.3 Å². The summed E-state index contributed by atoms with van der Waals surface area (Å²) < 4.78 is 4.62. The number of aryl methyl sites for hydroxylation is 1. The van der Waals surface area contributed by atoms with Crippen molar-refractivity contribution >= 4 is 41.4 Å². The fourth-order valence-corrected chi connectivity index (χ4v) is 4.80. The lowest BCUT2D eigenvalue weighted by molar-refractivity contribution is -0.105. The highest BCUT2D eigenvalue weighted by Crippen LogP contribution is 2.35. The van der Waals surface area contributed by atoms with Crippen molar-refractivity contribution in [2.45, 2.75) is 44.7 Å². The maximum atomic E-state index is 13.3. The number of H-pyrrole nitrogens is 1. The molecule has 4 rings (SSSR count). The van der Waals surface area contributed by atoms with Crippen LogP contribution in [0.3, 0.4) is 0 Å². The van der Waals surface area contributed by atoms with E-state index in [1.165, 1.54) is 7.11 Å². The van der Waals surface area contributed by atoms with Crippen LogP contribution in [0.4, 0.5) is 16.2 Å². The van der Waals surface area contributed by atoms with E-state index in [2.05, 4.69) is 25.7 Å². The first-order valence-electron chi connectivity index (χ1n) is 12.6. The maximum absolute atomic E-state index is 13.3. The van der Waals surface area contributed by atoms with Gasteiger partial charge in [-0.3, -0.25) is 14.9 Å². The first-order valence-corrected chi connectivity index (χ1v) is 13.0. The number of carbonyl (C=O) groups is 3. The number of allylic oxidation sites excluding steroid dienone is 1. The molecule has 11 heteroatoms. The zero-order valence-corrected chi connectivity index (χ0v) is 22.5. The second-order valence-corrected chi connectivity index (χ2v) is 9.50. The van der Waals surface area contributed by atoms with Crippen LogP contribution in [-0.2, 0) is 16.0 Å². The van der Waals surface area contributed by atoms with Crippen molar-refractivity contribution in [3.63, 3.8) is 0 Å². The Morgan fingerprint density at radius 2 is 2.08 bits per heavy atom. The lowest BCUT2D eigenvalue weighted by Gasteiger charge is -2.16. The molecule has 0 unspecified atom stereocenters. The van der Waals surface area contributed by atoms with E-state index in [0.717, 1.165) is 30.4 Å². The highest BCUT2D eigenvalue weighted by molar-refractivity contribution is 6.32. The third kappa shape index (κ3) is 6.47. The Bertz CT molecular complexity index is 1400.